The molecule has 0 spiro atoms. The molecule has 20 heavy (non-hydrogen) atoms. The van der Waals surface area contributed by atoms with Crippen LogP contribution in [0.15, 0.2) is 6.33 Å². The number of nitrogens with one attached hydrogen (secondary N) is 1. The topological polar surface area (TPSA) is 110 Å². The number of aromatic nitrogens is 2. The number of hydrogen-bond acceptors (Lipinski definition) is 6. The van der Waals surface area contributed by atoms with Crippen LogP contribution in [0.1, 0.15) is 38.7 Å². The second-order valence-electron chi connectivity index (χ2n) is 4.66. The molecule has 0 atom stereocenters. The predicted molar refractivity (Wildman–Crippen MR) is 80.2 cm³/mol. The van der Waals surface area contributed by atoms with E-state index in [2.05, 4.69) is 29.2 Å². The zero-order chi connectivity index (χ0) is 15.0. The summed E-state index contributed by atoms with van der Waals surface area (Å²) in [4.78, 5) is 21.6. The van der Waals surface area contributed by atoms with E-state index in [9.17, 15) is 4.79 Å². The van der Waals surface area contributed by atoms with Crippen LogP contribution in [0.2, 0.25) is 0 Å². The normalized spacial score (nSPS) is 10.3. The second-order valence-corrected chi connectivity index (χ2v) is 4.66. The van der Waals surface area contributed by atoms with Gasteiger partial charge in [-0.2, -0.15) is 0 Å². The Hall–Kier alpha value is -1.89. The van der Waals surface area contributed by atoms with Gasteiger partial charge in [0.1, 0.15) is 18.0 Å². The number of unbranched alkanes of at least 4 members (excludes halogenated alkanes) is 1. The first-order chi connectivity index (χ1) is 9.63. The third kappa shape index (κ3) is 4.34. The molecule has 0 unspecified atom stereocenters. The van der Waals surface area contributed by atoms with Gasteiger partial charge in [0.25, 0.3) is 0 Å². The van der Waals surface area contributed by atoms with Crippen molar-refractivity contribution in [2.75, 3.05) is 23.4 Å². The maximum Gasteiger partial charge on any atom is 0.236 e. The molecule has 1 rings (SSSR count). The molecule has 112 valence electrons. The Morgan fingerprint density at radius 1 is 1.35 bits per heavy atom. The minimum absolute atomic E-state index is 0.151. The van der Waals surface area contributed by atoms with Crippen LogP contribution in [0.5, 0.6) is 0 Å². The minimum atomic E-state index is -0.371. The molecule has 7 nitrogen and oxygen atoms in total. The summed E-state index contributed by atoms with van der Waals surface area (Å²) in [6, 6.07) is 0. The van der Waals surface area contributed by atoms with E-state index in [1.165, 1.54) is 6.33 Å². The number of nitrogen functional groups attached to an aromatic ring is 1. The van der Waals surface area contributed by atoms with Crippen LogP contribution in [0, 0.1) is 0 Å². The lowest BCUT2D eigenvalue weighted by molar-refractivity contribution is -0.116. The molecule has 1 aromatic rings. The SMILES string of the molecule is CCCCN(CC(N)=O)c1ncnc(NN)c1CCC. The number of primary amides is 1. The molecular formula is C13H24N6O. The number of rotatable bonds is 9. The van der Waals surface area contributed by atoms with Crippen molar-refractivity contribution in [1.82, 2.24) is 9.97 Å². The zero-order valence-corrected chi connectivity index (χ0v) is 12.2. The average molecular weight is 280 g/mol. The second kappa shape index (κ2) is 8.31. The van der Waals surface area contributed by atoms with Gasteiger partial charge in [-0.05, 0) is 12.8 Å². The van der Waals surface area contributed by atoms with Crippen LogP contribution in [-0.2, 0) is 11.2 Å². The number of carbonyl (C=O) groups is 1. The number of anilines is 2. The molecule has 1 aromatic heterocycles. The van der Waals surface area contributed by atoms with E-state index in [1.54, 1.807) is 0 Å². The van der Waals surface area contributed by atoms with E-state index in [-0.39, 0.29) is 12.5 Å². The highest BCUT2D eigenvalue weighted by molar-refractivity contribution is 5.79. The van der Waals surface area contributed by atoms with E-state index >= 15 is 0 Å². The molecule has 0 radical (unpaired) electrons. The molecule has 0 bridgehead atoms. The van der Waals surface area contributed by atoms with E-state index in [0.29, 0.717) is 5.82 Å². The Morgan fingerprint density at radius 2 is 2.10 bits per heavy atom. The van der Waals surface area contributed by atoms with E-state index in [1.807, 2.05) is 4.90 Å². The Kier molecular flexibility index (Phi) is 6.72. The molecule has 0 saturated carbocycles. The summed E-state index contributed by atoms with van der Waals surface area (Å²) in [6.07, 6.45) is 5.17. The monoisotopic (exact) mass is 280 g/mol. The fourth-order valence-corrected chi connectivity index (χ4v) is 2.08. The number of amides is 1. The number of hydrogen-bond donors (Lipinski definition) is 3. The average Bonchev–Trinajstić information content (AvgIpc) is 2.43. The van der Waals surface area contributed by atoms with Gasteiger partial charge in [0.15, 0.2) is 0 Å². The maximum atomic E-state index is 11.3. The molecule has 0 saturated heterocycles. The lowest BCUT2D eigenvalue weighted by Crippen LogP contribution is -2.36. The standard InChI is InChI=1S/C13H24N6O/c1-3-5-7-19(8-11(14)20)13-10(6-4-2)12(18-15)16-9-17-13/h9H,3-8,15H2,1-2H3,(H2,14,20)(H,16,17,18). The summed E-state index contributed by atoms with van der Waals surface area (Å²) >= 11 is 0. The molecule has 0 fully saturated rings. The third-order valence-corrected chi connectivity index (χ3v) is 2.99. The molecule has 1 heterocycles. The minimum Gasteiger partial charge on any atom is -0.368 e. The summed E-state index contributed by atoms with van der Waals surface area (Å²) in [5, 5.41) is 0. The van der Waals surface area contributed by atoms with Crippen molar-refractivity contribution in [3.05, 3.63) is 11.9 Å². The van der Waals surface area contributed by atoms with Crippen LogP contribution in [-0.4, -0.2) is 29.0 Å². The highest BCUT2D eigenvalue weighted by atomic mass is 16.1. The van der Waals surface area contributed by atoms with E-state index in [4.69, 9.17) is 11.6 Å². The lowest BCUT2D eigenvalue weighted by atomic mass is 10.1. The third-order valence-electron chi connectivity index (χ3n) is 2.99. The van der Waals surface area contributed by atoms with Crippen molar-refractivity contribution < 1.29 is 4.79 Å². The quantitative estimate of drug-likeness (QED) is 0.456. The van der Waals surface area contributed by atoms with Gasteiger partial charge in [0.2, 0.25) is 5.91 Å². The summed E-state index contributed by atoms with van der Waals surface area (Å²) in [6.45, 7) is 5.05. The zero-order valence-electron chi connectivity index (χ0n) is 12.2. The number of nitrogens with zero attached hydrogens (tertiary/aromatic N) is 3. The van der Waals surface area contributed by atoms with Crippen molar-refractivity contribution in [2.45, 2.75) is 39.5 Å². The van der Waals surface area contributed by atoms with Crippen LogP contribution in [0.3, 0.4) is 0 Å². The molecule has 0 aliphatic rings. The Morgan fingerprint density at radius 3 is 2.65 bits per heavy atom. The van der Waals surface area contributed by atoms with Crippen LogP contribution in [0.4, 0.5) is 11.6 Å². The first-order valence-electron chi connectivity index (χ1n) is 6.97. The van der Waals surface area contributed by atoms with Gasteiger partial charge < -0.3 is 16.1 Å². The van der Waals surface area contributed by atoms with Gasteiger partial charge >= 0.3 is 0 Å². The van der Waals surface area contributed by atoms with Crippen LogP contribution >= 0.6 is 0 Å². The molecule has 5 N–H and O–H groups in total. The molecule has 1 amide bonds. The van der Waals surface area contributed by atoms with Crippen LogP contribution in [0.25, 0.3) is 0 Å². The summed E-state index contributed by atoms with van der Waals surface area (Å²) < 4.78 is 0. The van der Waals surface area contributed by atoms with Crippen molar-refractivity contribution >= 4 is 17.5 Å². The van der Waals surface area contributed by atoms with Gasteiger partial charge in [-0.1, -0.05) is 26.7 Å². The number of hydrazine groups is 1. The molecular weight excluding hydrogens is 256 g/mol. The molecule has 0 aliphatic heterocycles. The highest BCUT2D eigenvalue weighted by Crippen LogP contribution is 2.24. The van der Waals surface area contributed by atoms with Gasteiger partial charge in [-0.25, -0.2) is 15.8 Å². The van der Waals surface area contributed by atoms with Crippen molar-refractivity contribution in [3.8, 4) is 0 Å². The number of carbonyl (C=O) groups excluding carboxylic acids is 1. The molecule has 0 aromatic carbocycles. The van der Waals surface area contributed by atoms with Crippen LogP contribution < -0.4 is 21.9 Å². The smallest absolute Gasteiger partial charge is 0.236 e. The first kappa shape index (κ1) is 16.2. The lowest BCUT2D eigenvalue weighted by Gasteiger charge is -2.25. The molecule has 7 heteroatoms. The Bertz CT molecular complexity index is 437. The van der Waals surface area contributed by atoms with Gasteiger partial charge in [-0.3, -0.25) is 4.79 Å². The van der Waals surface area contributed by atoms with Gasteiger partial charge in [0, 0.05) is 12.1 Å². The first-order valence-corrected chi connectivity index (χ1v) is 6.97. The van der Waals surface area contributed by atoms with Gasteiger partial charge in [0.05, 0.1) is 6.54 Å². The van der Waals surface area contributed by atoms with Gasteiger partial charge in [-0.15, -0.1) is 0 Å². The maximum absolute atomic E-state index is 11.3. The van der Waals surface area contributed by atoms with Crippen molar-refractivity contribution in [1.29, 1.82) is 0 Å². The largest absolute Gasteiger partial charge is 0.368 e. The van der Waals surface area contributed by atoms with Crippen molar-refractivity contribution in [3.63, 3.8) is 0 Å². The fraction of sp³-hybridized carbons (Fsp3) is 0.615. The fourth-order valence-electron chi connectivity index (χ4n) is 2.08. The summed E-state index contributed by atoms with van der Waals surface area (Å²) in [5.74, 6) is 6.47. The van der Waals surface area contributed by atoms with E-state index < -0.39 is 0 Å². The Labute approximate surface area is 119 Å². The van der Waals surface area contributed by atoms with Crippen molar-refractivity contribution in [2.24, 2.45) is 11.6 Å². The summed E-state index contributed by atoms with van der Waals surface area (Å²) in [5.41, 5.74) is 8.85. The Balaban J connectivity index is 3.12. The van der Waals surface area contributed by atoms with E-state index in [0.717, 1.165) is 43.6 Å². The summed E-state index contributed by atoms with van der Waals surface area (Å²) in [7, 11) is 0. The number of nitrogens with two attached hydrogens (primary N) is 2. The molecule has 0 aliphatic carbocycles. The predicted octanol–water partition coefficient (Wildman–Crippen LogP) is 0.807. The highest BCUT2D eigenvalue weighted by Gasteiger charge is 2.17.